The van der Waals surface area contributed by atoms with Gasteiger partial charge in [0.05, 0.1) is 49.1 Å². The fourth-order valence-electron chi connectivity index (χ4n) is 8.81. The first-order valence-electron chi connectivity index (χ1n) is 21.3. The highest BCUT2D eigenvalue weighted by Gasteiger charge is 2.44. The molecule has 0 spiro atoms. The molecule has 0 radical (unpaired) electrons. The van der Waals surface area contributed by atoms with E-state index in [4.69, 9.17) is 27.9 Å². The van der Waals surface area contributed by atoms with Gasteiger partial charge in [-0.3, -0.25) is 19.2 Å². The number of hydrogen-bond donors (Lipinski definition) is 2. The molecule has 1 saturated carbocycles. The van der Waals surface area contributed by atoms with E-state index in [1.807, 2.05) is 54.9 Å². The van der Waals surface area contributed by atoms with Gasteiger partial charge >= 0.3 is 0 Å². The van der Waals surface area contributed by atoms with Crippen LogP contribution >= 0.6 is 23.2 Å². The van der Waals surface area contributed by atoms with E-state index in [0.717, 1.165) is 41.6 Å². The van der Waals surface area contributed by atoms with Crippen molar-refractivity contribution in [2.45, 2.75) is 83.0 Å². The molecular formula is C47H55Cl2FN6O6. The minimum absolute atomic E-state index is 0.0166. The Labute approximate surface area is 372 Å². The van der Waals surface area contributed by atoms with Crippen LogP contribution in [0, 0.1) is 23.6 Å². The average Bonchev–Trinajstić information content (AvgIpc) is 3.99. The van der Waals surface area contributed by atoms with Crippen LogP contribution in [0.2, 0.25) is 10.0 Å². The van der Waals surface area contributed by atoms with Gasteiger partial charge < -0.3 is 34.4 Å². The van der Waals surface area contributed by atoms with E-state index in [9.17, 15) is 24.3 Å². The lowest BCUT2D eigenvalue weighted by atomic mass is 9.81. The maximum Gasteiger partial charge on any atom is 0.226 e. The predicted molar refractivity (Wildman–Crippen MR) is 235 cm³/mol. The molecule has 3 amide bonds. The Bertz CT molecular complexity index is 2280. The summed E-state index contributed by atoms with van der Waals surface area (Å²) in [5.74, 6) is -2.69. The maximum absolute atomic E-state index is 16.2. The van der Waals surface area contributed by atoms with Gasteiger partial charge in [-0.05, 0) is 107 Å². The summed E-state index contributed by atoms with van der Waals surface area (Å²) in [7, 11) is 5.90. The van der Waals surface area contributed by atoms with Gasteiger partial charge in [0.25, 0.3) is 0 Å². The number of amides is 3. The third kappa shape index (κ3) is 10.7. The number of aliphatic hydroxyl groups is 1. The van der Waals surface area contributed by atoms with E-state index in [1.165, 1.54) is 17.9 Å². The molecule has 2 N–H and O–H groups in total. The van der Waals surface area contributed by atoms with Crippen molar-refractivity contribution in [3.8, 4) is 22.8 Å². The minimum Gasteiger partial charge on any atom is -0.457 e. The van der Waals surface area contributed by atoms with Crippen LogP contribution in [-0.4, -0.2) is 98.2 Å². The standard InChI is InChI=1S/C47H55Cl2FN6O6/c1-29-41(58)19-34(27-57)45(60)52-47(23-31-8-12-35(48)13-9-31)16-5-17-55(28-47)46(61)33(18-30-6-7-30)20-44(59)56(29)25-38-39(50)21-36(49)22-42(38)62-37-14-10-32(11-15-37)40-24-51-43(54(40)4)26-53(2)3/h8-15,21-22,24,29-30,33-34,57H,5-7,16-20,23,25-28H2,1-4H3,(H,52,60)/t29-,33+,34-,47+/m0/s1. The molecule has 3 fully saturated rings. The van der Waals surface area contributed by atoms with Crippen LogP contribution in [0.1, 0.15) is 68.8 Å². The van der Waals surface area contributed by atoms with Gasteiger partial charge in [0.15, 0.2) is 5.78 Å². The summed E-state index contributed by atoms with van der Waals surface area (Å²) in [6.45, 7) is 1.84. The Balaban J connectivity index is 1.19. The summed E-state index contributed by atoms with van der Waals surface area (Å²) in [5, 5.41) is 14.4. The zero-order valence-electron chi connectivity index (χ0n) is 35.7. The van der Waals surface area contributed by atoms with Crippen molar-refractivity contribution in [2.75, 3.05) is 33.8 Å². The van der Waals surface area contributed by atoms with Crippen molar-refractivity contribution in [3.63, 3.8) is 0 Å². The average molecular weight is 890 g/mol. The predicted octanol–water partition coefficient (Wildman–Crippen LogP) is 7.21. The van der Waals surface area contributed by atoms with Crippen LogP contribution in [-0.2, 0) is 45.7 Å². The molecule has 1 aromatic heterocycles. The van der Waals surface area contributed by atoms with Crippen molar-refractivity contribution < 1.29 is 33.4 Å². The van der Waals surface area contributed by atoms with Crippen LogP contribution < -0.4 is 10.1 Å². The summed E-state index contributed by atoms with van der Waals surface area (Å²) in [6.07, 6.45) is 5.20. The fourth-order valence-corrected chi connectivity index (χ4v) is 9.13. The van der Waals surface area contributed by atoms with Crippen LogP contribution in [0.5, 0.6) is 11.5 Å². The summed E-state index contributed by atoms with van der Waals surface area (Å²) < 4.78 is 24.5. The van der Waals surface area contributed by atoms with Gasteiger partial charge in [0, 0.05) is 60.1 Å². The number of benzene rings is 3. The van der Waals surface area contributed by atoms with Crippen LogP contribution in [0.3, 0.4) is 0 Å². The number of nitrogens with one attached hydrogen (secondary N) is 1. The fraction of sp³-hybridized carbons (Fsp3) is 0.468. The molecule has 4 aromatic rings. The molecule has 2 aliphatic heterocycles. The van der Waals surface area contributed by atoms with E-state index >= 15 is 4.39 Å². The highest BCUT2D eigenvalue weighted by atomic mass is 35.5. The number of aromatic nitrogens is 2. The van der Waals surface area contributed by atoms with Crippen molar-refractivity contribution in [2.24, 2.45) is 24.8 Å². The molecule has 3 heterocycles. The Kier molecular flexibility index (Phi) is 14.1. The number of rotatable bonds is 12. The SMILES string of the molecule is C[C@H]1C(=O)C[C@@H](CO)C(=O)N[C@@]2(Cc3ccc(Cl)cc3)CCCN(C2)C(=O)[C@H](CC2CC2)CC(=O)N1Cc1c(F)cc(Cl)cc1Oc1ccc(-c2cnc(CN(C)C)n2C)cc1. The number of imidazole rings is 1. The first-order valence-corrected chi connectivity index (χ1v) is 22.1. The maximum atomic E-state index is 16.2. The number of hydrogen-bond acceptors (Lipinski definition) is 8. The second-order valence-corrected chi connectivity index (χ2v) is 18.5. The van der Waals surface area contributed by atoms with Crippen LogP contribution in [0.15, 0.2) is 66.9 Å². The first-order chi connectivity index (χ1) is 29.6. The Morgan fingerprint density at radius 1 is 0.984 bits per heavy atom. The molecule has 4 atom stereocenters. The number of piperidine rings is 1. The Morgan fingerprint density at radius 2 is 1.71 bits per heavy atom. The topological polar surface area (TPSA) is 137 Å². The largest absolute Gasteiger partial charge is 0.457 e. The van der Waals surface area contributed by atoms with E-state index in [-0.39, 0.29) is 54.1 Å². The van der Waals surface area contributed by atoms with Crippen LogP contribution in [0.25, 0.3) is 11.3 Å². The molecule has 3 aliphatic rings. The lowest BCUT2D eigenvalue weighted by molar-refractivity contribution is -0.148. The molecule has 2 saturated heterocycles. The van der Waals surface area contributed by atoms with E-state index in [1.54, 1.807) is 35.4 Å². The zero-order valence-corrected chi connectivity index (χ0v) is 37.2. The number of carbonyl (C=O) groups is 4. The molecule has 62 heavy (non-hydrogen) atoms. The number of carbonyl (C=O) groups excluding carboxylic acids is 4. The second-order valence-electron chi connectivity index (χ2n) is 17.6. The number of nitrogens with zero attached hydrogens (tertiary/aromatic N) is 5. The van der Waals surface area contributed by atoms with Crippen molar-refractivity contribution in [1.82, 2.24) is 29.6 Å². The summed E-state index contributed by atoms with van der Waals surface area (Å²) in [5.41, 5.74) is 1.79. The van der Waals surface area contributed by atoms with Gasteiger partial charge in [-0.1, -0.05) is 48.2 Å². The minimum atomic E-state index is -1.16. The van der Waals surface area contributed by atoms with Crippen molar-refractivity contribution in [1.29, 1.82) is 0 Å². The van der Waals surface area contributed by atoms with E-state index in [0.29, 0.717) is 49.5 Å². The third-order valence-corrected chi connectivity index (χ3v) is 12.9. The molecule has 7 rings (SSSR count). The zero-order chi connectivity index (χ0) is 44.3. The number of ketones is 1. The normalized spacial score (nSPS) is 22.8. The molecule has 0 unspecified atom stereocenters. The lowest BCUT2D eigenvalue weighted by Gasteiger charge is -2.45. The van der Waals surface area contributed by atoms with Gasteiger partial charge in [-0.2, -0.15) is 0 Å². The van der Waals surface area contributed by atoms with E-state index < -0.39 is 53.4 Å². The second kappa shape index (κ2) is 19.3. The van der Waals surface area contributed by atoms with Gasteiger partial charge in [0.2, 0.25) is 17.7 Å². The quantitative estimate of drug-likeness (QED) is 0.152. The first kappa shape index (κ1) is 45.2. The van der Waals surface area contributed by atoms with Gasteiger partial charge in [-0.25, -0.2) is 9.37 Å². The number of Topliss-reactive ketones (excluding diaryl/α,β-unsaturated/α-hetero) is 1. The Hall–Kier alpha value is -4.82. The van der Waals surface area contributed by atoms with Gasteiger partial charge in [-0.15, -0.1) is 0 Å². The summed E-state index contributed by atoms with van der Waals surface area (Å²) in [4.78, 5) is 67.2. The Morgan fingerprint density at radius 3 is 2.39 bits per heavy atom. The highest BCUT2D eigenvalue weighted by molar-refractivity contribution is 6.31. The molecule has 3 aromatic carbocycles. The molecular weight excluding hydrogens is 834 g/mol. The molecule has 12 nitrogen and oxygen atoms in total. The monoisotopic (exact) mass is 888 g/mol. The lowest BCUT2D eigenvalue weighted by Crippen LogP contribution is -2.63. The molecule has 2 bridgehead atoms. The van der Waals surface area contributed by atoms with E-state index in [2.05, 4.69) is 10.3 Å². The summed E-state index contributed by atoms with van der Waals surface area (Å²) >= 11 is 12.6. The summed E-state index contributed by atoms with van der Waals surface area (Å²) in [6, 6.07) is 16.0. The highest BCUT2D eigenvalue weighted by Crippen LogP contribution is 2.39. The number of ether oxygens (including phenoxy) is 1. The van der Waals surface area contributed by atoms with Crippen molar-refractivity contribution in [3.05, 3.63) is 99.7 Å². The molecule has 15 heteroatoms. The number of fused-ring (bicyclic) bond motifs is 2. The smallest absolute Gasteiger partial charge is 0.226 e. The third-order valence-electron chi connectivity index (χ3n) is 12.5. The number of halogens is 3. The van der Waals surface area contributed by atoms with Gasteiger partial charge in [0.1, 0.15) is 23.1 Å². The number of aliphatic hydroxyl groups excluding tert-OH is 1. The molecule has 1 aliphatic carbocycles. The van der Waals surface area contributed by atoms with Crippen LogP contribution in [0.4, 0.5) is 4.39 Å². The molecule has 330 valence electrons. The van der Waals surface area contributed by atoms with Crippen molar-refractivity contribution >= 4 is 46.7 Å².